The molecule has 4 amide bonds. The topological polar surface area (TPSA) is 177 Å². The smallest absolute Gasteiger partial charge is 0.407 e. The van der Waals surface area contributed by atoms with E-state index >= 15 is 0 Å². The van der Waals surface area contributed by atoms with Crippen LogP contribution in [0.1, 0.15) is 77.1 Å². The predicted molar refractivity (Wildman–Crippen MR) is 217 cm³/mol. The van der Waals surface area contributed by atoms with Gasteiger partial charge >= 0.3 is 12.2 Å². The Bertz CT molecular complexity index is 2460. The van der Waals surface area contributed by atoms with Gasteiger partial charge in [0.05, 0.1) is 42.1 Å². The number of aromatic amines is 2. The Morgan fingerprint density at radius 1 is 0.793 bits per heavy atom. The molecule has 0 unspecified atom stereocenters. The average Bonchev–Trinajstić information content (AvgIpc) is 3.83. The number of piperidine rings is 2. The Morgan fingerprint density at radius 2 is 1.40 bits per heavy atom. The van der Waals surface area contributed by atoms with Crippen molar-refractivity contribution in [2.45, 2.75) is 89.6 Å². The Labute approximate surface area is 336 Å². The summed E-state index contributed by atoms with van der Waals surface area (Å²) >= 11 is 0. The summed E-state index contributed by atoms with van der Waals surface area (Å²) in [6.07, 6.45) is 3.67. The van der Waals surface area contributed by atoms with Crippen LogP contribution < -0.4 is 5.32 Å². The molecule has 0 bridgehead atoms. The van der Waals surface area contributed by atoms with Crippen LogP contribution in [0.25, 0.3) is 44.2 Å². The molecule has 2 saturated carbocycles. The first-order chi connectivity index (χ1) is 27.8. The predicted octanol–water partition coefficient (Wildman–Crippen LogP) is 7.11. The molecule has 0 radical (unpaired) electrons. The Balaban J connectivity index is 0.928. The number of imidazole rings is 2. The number of carbonyl (C=O) groups is 4. The second-order valence-electron chi connectivity index (χ2n) is 17.4. The minimum Gasteiger partial charge on any atom is -0.465 e. The lowest BCUT2D eigenvalue weighted by Crippen LogP contribution is -2.52. The van der Waals surface area contributed by atoms with Crippen LogP contribution >= 0.6 is 0 Å². The Kier molecular flexibility index (Phi) is 9.20. The lowest BCUT2D eigenvalue weighted by molar-refractivity contribution is -0.140. The number of hydrogen-bond donors (Lipinski definition) is 4. The summed E-state index contributed by atoms with van der Waals surface area (Å²) in [4.78, 5) is 73.4. The quantitative estimate of drug-likeness (QED) is 0.116. The number of benzene rings is 3. The van der Waals surface area contributed by atoms with Gasteiger partial charge in [0.25, 0.3) is 0 Å². The molecule has 2 saturated heterocycles. The van der Waals surface area contributed by atoms with Crippen LogP contribution in [-0.4, -0.2) is 102 Å². The minimum atomic E-state index is -1.11. The van der Waals surface area contributed by atoms with Gasteiger partial charge in [0.2, 0.25) is 11.8 Å². The fraction of sp³-hybridized carbons (Fsp3) is 0.455. The van der Waals surface area contributed by atoms with Gasteiger partial charge in [-0.05, 0) is 95.5 Å². The fourth-order valence-electron chi connectivity index (χ4n) is 9.68. The van der Waals surface area contributed by atoms with Crippen LogP contribution in [0.5, 0.6) is 0 Å². The highest BCUT2D eigenvalue weighted by Gasteiger charge is 2.57. The number of alkyl carbamates (subject to hydrolysis) is 1. The summed E-state index contributed by atoms with van der Waals surface area (Å²) in [5.41, 5.74) is 5.66. The molecule has 2 aliphatic heterocycles. The number of carboxylic acid groups (broad SMARTS) is 1. The first-order valence-corrected chi connectivity index (χ1v) is 20.3. The maximum absolute atomic E-state index is 13.9. The molecular formula is C44H50N8O6. The molecule has 4 aliphatic rings. The van der Waals surface area contributed by atoms with E-state index < -0.39 is 24.3 Å². The van der Waals surface area contributed by atoms with E-state index in [0.717, 1.165) is 86.4 Å². The number of hydrogen-bond acceptors (Lipinski definition) is 7. The van der Waals surface area contributed by atoms with Crippen molar-refractivity contribution in [3.63, 3.8) is 0 Å². The fourth-order valence-corrected chi connectivity index (χ4v) is 9.68. The molecule has 58 heavy (non-hydrogen) atoms. The van der Waals surface area contributed by atoms with Gasteiger partial charge in [0, 0.05) is 24.7 Å². The molecule has 2 aliphatic carbocycles. The number of ether oxygens (including phenoxy) is 1. The monoisotopic (exact) mass is 786 g/mol. The van der Waals surface area contributed by atoms with Crippen LogP contribution in [0.4, 0.5) is 9.59 Å². The number of aromatic nitrogens is 4. The summed E-state index contributed by atoms with van der Waals surface area (Å²) in [6.45, 7) is 7.61. The van der Waals surface area contributed by atoms with Gasteiger partial charge in [-0.15, -0.1) is 0 Å². The van der Waals surface area contributed by atoms with Gasteiger partial charge in [-0.2, -0.15) is 0 Å². The first kappa shape index (κ1) is 37.6. The molecule has 2 aromatic heterocycles. The number of likely N-dealkylation sites (tertiary alicyclic amines) is 2. The summed E-state index contributed by atoms with van der Waals surface area (Å²) in [7, 11) is 2.77. The van der Waals surface area contributed by atoms with Gasteiger partial charge in [0.1, 0.15) is 23.7 Å². The molecule has 302 valence electrons. The van der Waals surface area contributed by atoms with Gasteiger partial charge in [-0.25, -0.2) is 19.6 Å². The standard InChI is InChI=1S/C44H50N8O6/c1-21(2)37(49-43(55)58-6)41(53)51-33-16-28(33)18-35(51)39-45-20-32(48-39)27-10-9-23-13-24(7-8-25(23)14-27)26-11-12-30-31(15-26)47-40(46-30)36-19-29-17-34(29)52(36)42(54)38(22(3)4)50(5)44(56)57/h7-15,20-22,28-29,33-38H,16-19H2,1-6H3,(H,45,48)(H,46,47)(H,49,55)(H,56,57)/t28-,29-,33-,34-,35+,36+,37+,38+/m1/s1. The summed E-state index contributed by atoms with van der Waals surface area (Å²) in [6, 6.07) is 17.3. The molecule has 14 heteroatoms. The third-order valence-electron chi connectivity index (χ3n) is 12.9. The highest BCUT2D eigenvalue weighted by Crippen LogP contribution is 2.54. The molecule has 4 heterocycles. The Hall–Kier alpha value is -5.92. The summed E-state index contributed by atoms with van der Waals surface area (Å²) < 4.78 is 4.80. The van der Waals surface area contributed by atoms with Crippen LogP contribution in [0.2, 0.25) is 0 Å². The third kappa shape index (κ3) is 6.51. The molecular weight excluding hydrogens is 737 g/mol. The largest absolute Gasteiger partial charge is 0.465 e. The zero-order chi connectivity index (χ0) is 40.7. The molecule has 4 N–H and O–H groups in total. The SMILES string of the molecule is COC(=O)N[C@H](C(=O)N1[C@@H]2C[C@@H]2C[C@H]1c1ncc(-c2ccc3cc(-c4ccc5nc([C@@H]6C[C@H]7C[C@H]7N6C(=O)[C@H](C(C)C)N(C)C(=O)O)[nH]c5c4)ccc3c2)[nH]1)C(C)C. The second-order valence-corrected chi connectivity index (χ2v) is 17.4. The van der Waals surface area contributed by atoms with Gasteiger partial charge in [-0.3, -0.25) is 14.5 Å². The van der Waals surface area contributed by atoms with E-state index in [1.165, 1.54) is 14.2 Å². The van der Waals surface area contributed by atoms with Crippen molar-refractivity contribution >= 4 is 45.8 Å². The van der Waals surface area contributed by atoms with E-state index in [0.29, 0.717) is 11.8 Å². The maximum atomic E-state index is 13.9. The van der Waals surface area contributed by atoms with Gasteiger partial charge < -0.3 is 34.9 Å². The van der Waals surface area contributed by atoms with Crippen molar-refractivity contribution in [1.29, 1.82) is 0 Å². The molecule has 0 spiro atoms. The number of amides is 4. The molecule has 4 fully saturated rings. The van der Waals surface area contributed by atoms with Crippen LogP contribution in [0.3, 0.4) is 0 Å². The lowest BCUT2D eigenvalue weighted by atomic mass is 9.99. The van der Waals surface area contributed by atoms with E-state index in [2.05, 4.69) is 63.8 Å². The van der Waals surface area contributed by atoms with Crippen molar-refractivity contribution in [1.82, 2.24) is 40.0 Å². The van der Waals surface area contributed by atoms with Crippen LogP contribution in [0.15, 0.2) is 60.8 Å². The van der Waals surface area contributed by atoms with E-state index in [1.807, 2.05) is 49.8 Å². The molecule has 5 aromatic rings. The lowest BCUT2D eigenvalue weighted by Gasteiger charge is -2.35. The molecule has 8 atom stereocenters. The third-order valence-corrected chi connectivity index (χ3v) is 12.9. The van der Waals surface area contributed by atoms with Crippen molar-refractivity contribution in [2.24, 2.45) is 23.7 Å². The molecule has 14 nitrogen and oxygen atoms in total. The number of H-pyrrole nitrogens is 2. The van der Waals surface area contributed by atoms with Gasteiger partial charge in [-0.1, -0.05) is 58.0 Å². The van der Waals surface area contributed by atoms with E-state index in [4.69, 9.17) is 14.7 Å². The number of nitrogens with one attached hydrogen (secondary N) is 3. The number of methoxy groups -OCH3 is 1. The number of fused-ring (bicyclic) bond motifs is 4. The van der Waals surface area contributed by atoms with Crippen molar-refractivity contribution < 1.29 is 29.0 Å². The van der Waals surface area contributed by atoms with Crippen LogP contribution in [-0.2, 0) is 14.3 Å². The zero-order valence-electron chi connectivity index (χ0n) is 33.6. The second kappa shape index (κ2) is 14.2. The minimum absolute atomic E-state index is 0.104. The van der Waals surface area contributed by atoms with E-state index in [1.54, 1.807) is 0 Å². The Morgan fingerprint density at radius 3 is 2.03 bits per heavy atom. The highest BCUT2D eigenvalue weighted by molar-refractivity contribution is 5.92. The number of nitrogens with zero attached hydrogens (tertiary/aromatic N) is 5. The van der Waals surface area contributed by atoms with E-state index in [9.17, 15) is 24.3 Å². The summed E-state index contributed by atoms with van der Waals surface area (Å²) in [5.74, 6) is 1.81. The number of likely N-dealkylation sites (N-methyl/N-ethyl adjacent to an activating group) is 1. The normalized spacial score (nSPS) is 24.2. The van der Waals surface area contributed by atoms with Crippen LogP contribution in [0, 0.1) is 23.7 Å². The molecule has 9 rings (SSSR count). The highest BCUT2D eigenvalue weighted by atomic mass is 16.5. The average molecular weight is 787 g/mol. The first-order valence-electron chi connectivity index (χ1n) is 20.3. The number of rotatable bonds is 10. The zero-order valence-corrected chi connectivity index (χ0v) is 33.6. The number of carbonyl (C=O) groups excluding carboxylic acids is 3. The van der Waals surface area contributed by atoms with Crippen molar-refractivity contribution in [2.75, 3.05) is 14.2 Å². The molecule has 3 aromatic carbocycles. The van der Waals surface area contributed by atoms with Crippen molar-refractivity contribution in [3.05, 3.63) is 72.4 Å². The van der Waals surface area contributed by atoms with Gasteiger partial charge in [0.15, 0.2) is 0 Å². The van der Waals surface area contributed by atoms with Crippen molar-refractivity contribution in [3.8, 4) is 22.4 Å². The maximum Gasteiger partial charge on any atom is 0.407 e. The van der Waals surface area contributed by atoms with E-state index in [-0.39, 0.29) is 47.8 Å². The summed E-state index contributed by atoms with van der Waals surface area (Å²) in [5, 5.41) is 14.6.